The smallest absolute Gasteiger partial charge is 0.172 e. The van der Waals surface area contributed by atoms with Crippen LogP contribution in [0.2, 0.25) is 0 Å². The monoisotopic (exact) mass is 307 g/mol. The van der Waals surface area contributed by atoms with E-state index in [0.29, 0.717) is 17.5 Å². The molecule has 0 radical (unpaired) electrons. The number of benzene rings is 2. The van der Waals surface area contributed by atoms with Gasteiger partial charge in [0.25, 0.3) is 0 Å². The Labute approximate surface area is 132 Å². The van der Waals surface area contributed by atoms with Crippen LogP contribution in [-0.2, 0) is 6.54 Å². The molecule has 0 bridgehead atoms. The molecule has 3 aromatic rings. The molecule has 0 atom stereocenters. The van der Waals surface area contributed by atoms with Crippen LogP contribution in [0.15, 0.2) is 54.6 Å². The van der Waals surface area contributed by atoms with Crippen LogP contribution in [0.25, 0.3) is 12.2 Å². The van der Waals surface area contributed by atoms with Crippen molar-refractivity contribution in [2.45, 2.75) is 6.54 Å². The quantitative estimate of drug-likeness (QED) is 0.678. The average molecular weight is 307 g/mol. The van der Waals surface area contributed by atoms with Gasteiger partial charge in [-0.15, -0.1) is 5.10 Å². The molecular weight excluding hydrogens is 293 g/mol. The highest BCUT2D eigenvalue weighted by atomic mass is 19.1. The Hall–Kier alpha value is -3.08. The summed E-state index contributed by atoms with van der Waals surface area (Å²) in [6.45, 7) is 0.210. The maximum atomic E-state index is 13.8. The third kappa shape index (κ3) is 3.40. The minimum Gasteiger partial charge on any atom is -0.296 e. The lowest BCUT2D eigenvalue weighted by Gasteiger charge is -2.05. The van der Waals surface area contributed by atoms with Gasteiger partial charge in [0.15, 0.2) is 12.0 Å². The molecular formula is C18H14FN3O. The molecule has 0 amide bonds. The van der Waals surface area contributed by atoms with Crippen molar-refractivity contribution in [2.75, 3.05) is 0 Å². The second-order valence-corrected chi connectivity index (χ2v) is 4.97. The highest BCUT2D eigenvalue weighted by molar-refractivity contribution is 5.81. The van der Waals surface area contributed by atoms with Crippen molar-refractivity contribution in [1.29, 1.82) is 0 Å². The Balaban J connectivity index is 1.93. The second-order valence-electron chi connectivity index (χ2n) is 4.97. The predicted octanol–water partition coefficient (Wildman–Crippen LogP) is 3.45. The fourth-order valence-electron chi connectivity index (χ4n) is 2.23. The van der Waals surface area contributed by atoms with Gasteiger partial charge in [0, 0.05) is 5.56 Å². The van der Waals surface area contributed by atoms with Crippen molar-refractivity contribution in [2.24, 2.45) is 0 Å². The van der Waals surface area contributed by atoms with Gasteiger partial charge in [-0.05, 0) is 17.7 Å². The lowest BCUT2D eigenvalue weighted by molar-refractivity contribution is 0.111. The van der Waals surface area contributed by atoms with Crippen LogP contribution in [0, 0.1) is 5.82 Å². The summed E-state index contributed by atoms with van der Waals surface area (Å²) in [6.07, 6.45) is 4.28. The number of carbonyl (C=O) groups is 1. The Morgan fingerprint density at radius 1 is 1.00 bits per heavy atom. The van der Waals surface area contributed by atoms with E-state index >= 15 is 0 Å². The molecule has 1 aromatic heterocycles. The van der Waals surface area contributed by atoms with Crippen molar-refractivity contribution in [3.63, 3.8) is 0 Å². The largest absolute Gasteiger partial charge is 0.296 e. The first-order valence-electron chi connectivity index (χ1n) is 7.13. The number of halogens is 1. The molecule has 0 N–H and O–H groups in total. The first kappa shape index (κ1) is 14.8. The highest BCUT2D eigenvalue weighted by Gasteiger charge is 2.11. The zero-order valence-electron chi connectivity index (χ0n) is 12.3. The minimum atomic E-state index is -0.311. The van der Waals surface area contributed by atoms with Crippen molar-refractivity contribution in [3.05, 3.63) is 82.9 Å². The van der Waals surface area contributed by atoms with E-state index in [-0.39, 0.29) is 18.1 Å². The van der Waals surface area contributed by atoms with E-state index in [0.717, 1.165) is 5.56 Å². The van der Waals surface area contributed by atoms with E-state index < -0.39 is 0 Å². The summed E-state index contributed by atoms with van der Waals surface area (Å²) in [7, 11) is 0. The molecule has 114 valence electrons. The van der Waals surface area contributed by atoms with Crippen molar-refractivity contribution < 1.29 is 9.18 Å². The Morgan fingerprint density at radius 3 is 2.48 bits per heavy atom. The highest BCUT2D eigenvalue weighted by Crippen LogP contribution is 2.14. The molecule has 0 aliphatic heterocycles. The Kier molecular flexibility index (Phi) is 4.38. The van der Waals surface area contributed by atoms with Gasteiger partial charge in [-0.1, -0.05) is 59.8 Å². The molecule has 0 saturated carbocycles. The van der Waals surface area contributed by atoms with Crippen molar-refractivity contribution in [3.8, 4) is 0 Å². The lowest BCUT2D eigenvalue weighted by atomic mass is 10.2. The molecule has 0 fully saturated rings. The lowest BCUT2D eigenvalue weighted by Crippen LogP contribution is -2.06. The number of carbonyl (C=O) groups excluding carboxylic acids is 1. The van der Waals surface area contributed by atoms with E-state index in [1.807, 2.05) is 36.4 Å². The summed E-state index contributed by atoms with van der Waals surface area (Å²) in [5.74, 6) is -0.311. The van der Waals surface area contributed by atoms with Crippen LogP contribution in [0.3, 0.4) is 0 Å². The summed E-state index contributed by atoms with van der Waals surface area (Å²) in [6, 6.07) is 16.1. The van der Waals surface area contributed by atoms with Gasteiger partial charge < -0.3 is 0 Å². The van der Waals surface area contributed by atoms with Crippen molar-refractivity contribution in [1.82, 2.24) is 15.0 Å². The van der Waals surface area contributed by atoms with Crippen molar-refractivity contribution >= 4 is 18.4 Å². The molecule has 0 unspecified atom stereocenters. The maximum Gasteiger partial charge on any atom is 0.172 e. The fourth-order valence-corrected chi connectivity index (χ4v) is 2.23. The second kappa shape index (κ2) is 6.79. The van der Waals surface area contributed by atoms with Crippen LogP contribution in [0.4, 0.5) is 4.39 Å². The van der Waals surface area contributed by atoms with Gasteiger partial charge in [-0.2, -0.15) is 0 Å². The van der Waals surface area contributed by atoms with E-state index in [4.69, 9.17) is 0 Å². The number of rotatable bonds is 5. The number of hydrogen-bond donors (Lipinski definition) is 0. The molecule has 3 rings (SSSR count). The molecule has 0 aliphatic carbocycles. The van der Waals surface area contributed by atoms with Crippen LogP contribution < -0.4 is 0 Å². The zero-order valence-corrected chi connectivity index (χ0v) is 12.3. The molecule has 0 aliphatic rings. The molecule has 0 spiro atoms. The van der Waals surface area contributed by atoms with Crippen LogP contribution in [0.1, 0.15) is 27.3 Å². The normalized spacial score (nSPS) is 11.0. The van der Waals surface area contributed by atoms with E-state index in [2.05, 4.69) is 10.3 Å². The molecule has 5 heteroatoms. The Morgan fingerprint density at radius 2 is 1.74 bits per heavy atom. The summed E-state index contributed by atoms with van der Waals surface area (Å²) >= 11 is 0. The number of aromatic nitrogens is 3. The fraction of sp³-hybridized carbons (Fsp3) is 0.0556. The predicted molar refractivity (Wildman–Crippen MR) is 86.3 cm³/mol. The van der Waals surface area contributed by atoms with E-state index in [9.17, 15) is 9.18 Å². The van der Waals surface area contributed by atoms with E-state index in [1.165, 1.54) is 10.7 Å². The average Bonchev–Trinajstić information content (AvgIpc) is 2.98. The van der Waals surface area contributed by atoms with Gasteiger partial charge in [-0.3, -0.25) is 4.79 Å². The van der Waals surface area contributed by atoms with Crippen LogP contribution in [0.5, 0.6) is 0 Å². The standard InChI is InChI=1S/C18H14FN3O/c19-16-9-5-4-8-15(16)12-22-18(17(13-23)20-21-22)11-10-14-6-2-1-3-7-14/h1-11,13H,12H2/b11-10+. The number of hydrogen-bond acceptors (Lipinski definition) is 3. The number of aldehydes is 1. The minimum absolute atomic E-state index is 0.210. The van der Waals surface area contributed by atoms with Gasteiger partial charge in [0.1, 0.15) is 5.82 Å². The third-order valence-electron chi connectivity index (χ3n) is 3.42. The summed E-state index contributed by atoms with van der Waals surface area (Å²) in [5.41, 5.74) is 2.26. The topological polar surface area (TPSA) is 47.8 Å². The van der Waals surface area contributed by atoms with Gasteiger partial charge in [0.2, 0.25) is 0 Å². The van der Waals surface area contributed by atoms with Gasteiger partial charge >= 0.3 is 0 Å². The SMILES string of the molecule is O=Cc1nnn(Cc2ccccc2F)c1/C=C/c1ccccc1. The first-order chi connectivity index (χ1) is 11.3. The first-order valence-corrected chi connectivity index (χ1v) is 7.13. The third-order valence-corrected chi connectivity index (χ3v) is 3.42. The maximum absolute atomic E-state index is 13.8. The molecule has 0 saturated heterocycles. The summed E-state index contributed by atoms with van der Waals surface area (Å²) < 4.78 is 15.3. The van der Waals surface area contributed by atoms with Gasteiger partial charge in [0.05, 0.1) is 12.2 Å². The Bertz CT molecular complexity index is 840. The van der Waals surface area contributed by atoms with Gasteiger partial charge in [-0.25, -0.2) is 9.07 Å². The zero-order chi connectivity index (χ0) is 16.1. The molecule has 4 nitrogen and oxygen atoms in total. The molecule has 2 aromatic carbocycles. The molecule has 23 heavy (non-hydrogen) atoms. The summed E-state index contributed by atoms with van der Waals surface area (Å²) in [5, 5.41) is 7.80. The van der Waals surface area contributed by atoms with E-state index in [1.54, 1.807) is 24.3 Å². The summed E-state index contributed by atoms with van der Waals surface area (Å²) in [4.78, 5) is 11.1. The number of nitrogens with zero attached hydrogens (tertiary/aromatic N) is 3. The van der Waals surface area contributed by atoms with Crippen LogP contribution in [-0.4, -0.2) is 21.3 Å². The molecule has 1 heterocycles. The van der Waals surface area contributed by atoms with Crippen LogP contribution >= 0.6 is 0 Å².